The third kappa shape index (κ3) is 6.53. The average molecular weight is 447 g/mol. The van der Waals surface area contributed by atoms with Crippen molar-refractivity contribution in [3.63, 3.8) is 0 Å². The zero-order chi connectivity index (χ0) is 23.8. The summed E-state index contributed by atoms with van der Waals surface area (Å²) in [6.07, 6.45) is 2.03. The molecule has 0 radical (unpaired) electrons. The van der Waals surface area contributed by atoms with E-state index in [1.807, 2.05) is 44.2 Å². The van der Waals surface area contributed by atoms with Crippen molar-refractivity contribution in [2.24, 2.45) is 11.7 Å². The van der Waals surface area contributed by atoms with E-state index in [9.17, 15) is 19.2 Å². The number of nitrogens with two attached hydrogens (primary N) is 1. The number of likely N-dealkylation sites (tertiary alicyclic amines) is 1. The molecule has 1 aliphatic heterocycles. The van der Waals surface area contributed by atoms with E-state index >= 15 is 0 Å². The maximum Gasteiger partial charge on any atom is 0.325 e. The molecule has 9 nitrogen and oxygen atoms in total. The lowest BCUT2D eigenvalue weighted by Gasteiger charge is -2.30. The molecule has 9 heteroatoms. The maximum absolute atomic E-state index is 13.5. The van der Waals surface area contributed by atoms with Crippen LogP contribution in [0, 0.1) is 5.92 Å². The number of carbonyl (C=O) groups is 4. The standard InChI is InChI=1S/C23H34N4O5/c1-4-14(2)19(24)21(29)26-17(13-16-9-6-5-7-10-16)22(30)27-12-8-11-18(27)20(28)25-15(3)23(31)32/h5-7,9-10,14-15,17-19H,4,8,11-13,24H2,1-3H3,(H,25,28)(H,26,29)(H,31,32). The van der Waals surface area contributed by atoms with Crippen LogP contribution in [0.25, 0.3) is 0 Å². The molecule has 0 spiro atoms. The number of nitrogens with one attached hydrogen (secondary N) is 2. The molecule has 32 heavy (non-hydrogen) atoms. The fraction of sp³-hybridized carbons (Fsp3) is 0.565. The Balaban J connectivity index is 2.21. The summed E-state index contributed by atoms with van der Waals surface area (Å²) >= 11 is 0. The van der Waals surface area contributed by atoms with E-state index in [1.165, 1.54) is 11.8 Å². The predicted molar refractivity (Wildman–Crippen MR) is 119 cm³/mol. The fourth-order valence-corrected chi connectivity index (χ4v) is 3.70. The molecular formula is C23H34N4O5. The Kier molecular flexibility index (Phi) is 9.19. The third-order valence-electron chi connectivity index (χ3n) is 6.02. The summed E-state index contributed by atoms with van der Waals surface area (Å²) in [5, 5.41) is 14.3. The van der Waals surface area contributed by atoms with Gasteiger partial charge in [-0.2, -0.15) is 0 Å². The molecule has 1 aromatic rings. The van der Waals surface area contributed by atoms with Gasteiger partial charge in [0.25, 0.3) is 0 Å². The summed E-state index contributed by atoms with van der Waals surface area (Å²) in [6, 6.07) is 5.82. The average Bonchev–Trinajstić information content (AvgIpc) is 3.27. The highest BCUT2D eigenvalue weighted by Crippen LogP contribution is 2.20. The topological polar surface area (TPSA) is 142 Å². The molecule has 1 aromatic carbocycles. The highest BCUT2D eigenvalue weighted by molar-refractivity contribution is 5.94. The number of carbonyl (C=O) groups excluding carboxylic acids is 3. The van der Waals surface area contributed by atoms with E-state index in [0.717, 1.165) is 12.0 Å². The van der Waals surface area contributed by atoms with E-state index in [-0.39, 0.29) is 18.2 Å². The fourth-order valence-electron chi connectivity index (χ4n) is 3.70. The van der Waals surface area contributed by atoms with Gasteiger partial charge in [0.1, 0.15) is 18.1 Å². The Morgan fingerprint density at radius 2 is 1.81 bits per heavy atom. The zero-order valence-electron chi connectivity index (χ0n) is 18.9. The Morgan fingerprint density at radius 3 is 2.41 bits per heavy atom. The van der Waals surface area contributed by atoms with Gasteiger partial charge in [-0.1, -0.05) is 50.6 Å². The van der Waals surface area contributed by atoms with Crippen LogP contribution in [0.3, 0.4) is 0 Å². The van der Waals surface area contributed by atoms with Crippen LogP contribution in [0.15, 0.2) is 30.3 Å². The largest absolute Gasteiger partial charge is 0.480 e. The van der Waals surface area contributed by atoms with Gasteiger partial charge >= 0.3 is 5.97 Å². The Morgan fingerprint density at radius 1 is 1.16 bits per heavy atom. The monoisotopic (exact) mass is 446 g/mol. The molecule has 176 valence electrons. The summed E-state index contributed by atoms with van der Waals surface area (Å²) in [5.41, 5.74) is 6.93. The molecule has 3 amide bonds. The molecule has 1 aliphatic rings. The summed E-state index contributed by atoms with van der Waals surface area (Å²) in [7, 11) is 0. The van der Waals surface area contributed by atoms with Crippen LogP contribution in [-0.4, -0.2) is 64.4 Å². The zero-order valence-corrected chi connectivity index (χ0v) is 18.9. The highest BCUT2D eigenvalue weighted by atomic mass is 16.4. The summed E-state index contributed by atoms with van der Waals surface area (Å²) in [5.74, 6) is -2.49. The summed E-state index contributed by atoms with van der Waals surface area (Å²) in [4.78, 5) is 51.4. The van der Waals surface area contributed by atoms with Gasteiger partial charge in [0.15, 0.2) is 0 Å². The van der Waals surface area contributed by atoms with Crippen LogP contribution in [0.5, 0.6) is 0 Å². The van der Waals surface area contributed by atoms with Crippen LogP contribution in [0.2, 0.25) is 0 Å². The maximum atomic E-state index is 13.5. The second-order valence-corrected chi connectivity index (χ2v) is 8.42. The van der Waals surface area contributed by atoms with E-state index in [2.05, 4.69) is 10.6 Å². The molecule has 0 saturated carbocycles. The first-order chi connectivity index (χ1) is 15.1. The number of hydrogen-bond donors (Lipinski definition) is 4. The summed E-state index contributed by atoms with van der Waals surface area (Å²) in [6.45, 7) is 5.55. The van der Waals surface area contributed by atoms with Gasteiger partial charge in [-0.15, -0.1) is 0 Å². The van der Waals surface area contributed by atoms with Crippen LogP contribution in [-0.2, 0) is 25.6 Å². The number of amides is 3. The van der Waals surface area contributed by atoms with Crippen molar-refractivity contribution in [3.05, 3.63) is 35.9 Å². The third-order valence-corrected chi connectivity index (χ3v) is 6.02. The minimum absolute atomic E-state index is 0.0507. The second-order valence-electron chi connectivity index (χ2n) is 8.42. The number of rotatable bonds is 10. The molecule has 1 saturated heterocycles. The SMILES string of the molecule is CCC(C)C(N)C(=O)NC(Cc1ccccc1)C(=O)N1CCCC1C(=O)NC(C)C(=O)O. The normalized spacial score (nSPS) is 19.5. The van der Waals surface area contributed by atoms with Crippen molar-refractivity contribution in [3.8, 4) is 0 Å². The number of benzene rings is 1. The molecule has 0 bridgehead atoms. The van der Waals surface area contributed by atoms with Gasteiger partial charge in [0.2, 0.25) is 17.7 Å². The van der Waals surface area contributed by atoms with Crippen LogP contribution < -0.4 is 16.4 Å². The number of aliphatic carboxylic acids is 1. The van der Waals surface area contributed by atoms with E-state index < -0.39 is 42.0 Å². The summed E-state index contributed by atoms with van der Waals surface area (Å²) < 4.78 is 0. The smallest absolute Gasteiger partial charge is 0.325 e. The predicted octanol–water partition coefficient (Wildman–Crippen LogP) is 0.668. The first kappa shape index (κ1) is 25.3. The number of carboxylic acid groups (broad SMARTS) is 1. The van der Waals surface area contributed by atoms with Gasteiger partial charge in [0, 0.05) is 13.0 Å². The minimum atomic E-state index is -1.15. The second kappa shape index (κ2) is 11.6. The first-order valence-corrected chi connectivity index (χ1v) is 11.1. The molecule has 1 fully saturated rings. The molecule has 5 unspecified atom stereocenters. The molecule has 1 heterocycles. The minimum Gasteiger partial charge on any atom is -0.480 e. The number of hydrogen-bond acceptors (Lipinski definition) is 5. The van der Waals surface area contributed by atoms with E-state index in [1.54, 1.807) is 0 Å². The molecule has 5 atom stereocenters. The lowest BCUT2D eigenvalue weighted by molar-refractivity contribution is -0.144. The van der Waals surface area contributed by atoms with Gasteiger partial charge in [-0.25, -0.2) is 0 Å². The van der Waals surface area contributed by atoms with Gasteiger partial charge in [0.05, 0.1) is 6.04 Å². The molecule has 2 rings (SSSR count). The van der Waals surface area contributed by atoms with E-state index in [0.29, 0.717) is 19.4 Å². The van der Waals surface area contributed by atoms with Crippen LogP contribution in [0.4, 0.5) is 0 Å². The van der Waals surface area contributed by atoms with E-state index in [4.69, 9.17) is 10.8 Å². The molecule has 0 aliphatic carbocycles. The van der Waals surface area contributed by atoms with Crippen molar-refractivity contribution in [1.29, 1.82) is 0 Å². The van der Waals surface area contributed by atoms with Gasteiger partial charge < -0.3 is 26.4 Å². The Hall–Kier alpha value is -2.94. The van der Waals surface area contributed by atoms with Crippen LogP contribution >= 0.6 is 0 Å². The van der Waals surface area contributed by atoms with Crippen molar-refractivity contribution in [2.45, 2.75) is 70.6 Å². The molecule has 0 aromatic heterocycles. The van der Waals surface area contributed by atoms with Crippen LogP contribution in [0.1, 0.15) is 45.6 Å². The van der Waals surface area contributed by atoms with Gasteiger partial charge in [-0.05, 0) is 31.2 Å². The van der Waals surface area contributed by atoms with Crippen molar-refractivity contribution >= 4 is 23.7 Å². The Bertz CT molecular complexity index is 816. The lowest BCUT2D eigenvalue weighted by atomic mass is 9.98. The number of nitrogens with zero attached hydrogens (tertiary/aromatic N) is 1. The van der Waals surface area contributed by atoms with Crippen molar-refractivity contribution < 1.29 is 24.3 Å². The van der Waals surface area contributed by atoms with Gasteiger partial charge in [-0.3, -0.25) is 19.2 Å². The molecule has 5 N–H and O–H groups in total. The highest BCUT2D eigenvalue weighted by Gasteiger charge is 2.39. The van der Waals surface area contributed by atoms with Crippen molar-refractivity contribution in [1.82, 2.24) is 15.5 Å². The quantitative estimate of drug-likeness (QED) is 0.416. The Labute approximate surface area is 188 Å². The lowest BCUT2D eigenvalue weighted by Crippen LogP contribution is -2.57. The first-order valence-electron chi connectivity index (χ1n) is 11.1. The molecular weight excluding hydrogens is 412 g/mol. The van der Waals surface area contributed by atoms with Crippen molar-refractivity contribution in [2.75, 3.05) is 6.54 Å². The number of carboxylic acids is 1.